The van der Waals surface area contributed by atoms with E-state index in [4.69, 9.17) is 0 Å². The van der Waals surface area contributed by atoms with E-state index in [2.05, 4.69) is 50.5 Å². The van der Waals surface area contributed by atoms with Gasteiger partial charge >= 0.3 is 0 Å². The van der Waals surface area contributed by atoms with E-state index in [0.717, 1.165) is 25.1 Å². The summed E-state index contributed by atoms with van der Waals surface area (Å²) in [6, 6.07) is 8.63. The maximum absolute atomic E-state index is 12.3. The van der Waals surface area contributed by atoms with Gasteiger partial charge in [-0.2, -0.15) is 0 Å². The number of benzene rings is 1. The van der Waals surface area contributed by atoms with Crippen LogP contribution >= 0.6 is 12.4 Å². The number of nitrogens with one attached hydrogen (secondary N) is 2. The Kier molecular flexibility index (Phi) is 6.24. The van der Waals surface area contributed by atoms with Crippen LogP contribution in [0.3, 0.4) is 0 Å². The number of carbonyl (C=O) groups is 1. The highest BCUT2D eigenvalue weighted by atomic mass is 35.5. The van der Waals surface area contributed by atoms with Gasteiger partial charge in [-0.15, -0.1) is 12.4 Å². The van der Waals surface area contributed by atoms with Gasteiger partial charge in [-0.05, 0) is 49.4 Å². The third kappa shape index (κ3) is 5.01. The molecule has 1 aliphatic rings. The van der Waals surface area contributed by atoms with E-state index in [1.165, 1.54) is 5.56 Å². The molecule has 1 aromatic rings. The van der Waals surface area contributed by atoms with Gasteiger partial charge in [0.2, 0.25) is 5.91 Å². The number of amides is 1. The molecule has 0 unspecified atom stereocenters. The Bertz CT molecular complexity index is 465. The predicted octanol–water partition coefficient (Wildman–Crippen LogP) is 3.73. The number of hydrogen-bond acceptors (Lipinski definition) is 2. The second kappa shape index (κ2) is 7.28. The smallest absolute Gasteiger partial charge is 0.227 e. The average molecular weight is 311 g/mol. The third-order valence-electron chi connectivity index (χ3n) is 4.01. The molecular weight excluding hydrogens is 284 g/mol. The van der Waals surface area contributed by atoms with Gasteiger partial charge in [-0.1, -0.05) is 32.9 Å². The fourth-order valence-electron chi connectivity index (χ4n) is 2.67. The lowest BCUT2D eigenvalue weighted by molar-refractivity contribution is -0.120. The van der Waals surface area contributed by atoms with Crippen molar-refractivity contribution in [2.24, 2.45) is 5.92 Å². The molecule has 0 radical (unpaired) electrons. The zero-order valence-corrected chi connectivity index (χ0v) is 14.2. The van der Waals surface area contributed by atoms with Crippen LogP contribution in [0.15, 0.2) is 24.3 Å². The van der Waals surface area contributed by atoms with Gasteiger partial charge in [-0.3, -0.25) is 4.79 Å². The minimum absolute atomic E-state index is 0. The summed E-state index contributed by atoms with van der Waals surface area (Å²) in [5, 5.41) is 6.42. The van der Waals surface area contributed by atoms with Crippen LogP contribution in [-0.4, -0.2) is 18.5 Å². The summed E-state index contributed by atoms with van der Waals surface area (Å²) in [5.74, 6) is 0.287. The second-order valence-electron chi connectivity index (χ2n) is 6.89. The fourth-order valence-corrected chi connectivity index (χ4v) is 2.67. The molecule has 0 bridgehead atoms. The van der Waals surface area contributed by atoms with Crippen molar-refractivity contribution in [1.82, 2.24) is 5.32 Å². The van der Waals surface area contributed by atoms with Gasteiger partial charge in [0.05, 0.1) is 0 Å². The first-order chi connectivity index (χ1) is 9.36. The predicted molar refractivity (Wildman–Crippen MR) is 91.2 cm³/mol. The zero-order valence-electron chi connectivity index (χ0n) is 13.4. The number of rotatable bonds is 2. The molecule has 2 N–H and O–H groups in total. The van der Waals surface area contributed by atoms with Gasteiger partial charge in [0.15, 0.2) is 0 Å². The first-order valence-electron chi connectivity index (χ1n) is 7.51. The second-order valence-corrected chi connectivity index (χ2v) is 6.89. The van der Waals surface area contributed by atoms with Gasteiger partial charge in [-0.25, -0.2) is 0 Å². The SMILES string of the molecule is C[C@H]1C[C@@H](C(=O)Nc2ccc(C(C)(C)C)cc2)CCN1.Cl. The quantitative estimate of drug-likeness (QED) is 0.874. The van der Waals surface area contributed by atoms with Crippen molar-refractivity contribution < 1.29 is 4.79 Å². The summed E-state index contributed by atoms with van der Waals surface area (Å²) in [7, 11) is 0. The normalized spacial score (nSPS) is 22.3. The van der Waals surface area contributed by atoms with Crippen LogP contribution in [0.25, 0.3) is 0 Å². The number of piperidine rings is 1. The van der Waals surface area contributed by atoms with Crippen LogP contribution in [0.4, 0.5) is 5.69 Å². The number of hydrogen-bond donors (Lipinski definition) is 2. The van der Waals surface area contributed by atoms with E-state index in [1.54, 1.807) is 0 Å². The third-order valence-corrected chi connectivity index (χ3v) is 4.01. The highest BCUT2D eigenvalue weighted by Gasteiger charge is 2.24. The monoisotopic (exact) mass is 310 g/mol. The van der Waals surface area contributed by atoms with Crippen molar-refractivity contribution in [3.05, 3.63) is 29.8 Å². The molecule has 21 heavy (non-hydrogen) atoms. The summed E-state index contributed by atoms with van der Waals surface area (Å²) < 4.78 is 0. The largest absolute Gasteiger partial charge is 0.326 e. The van der Waals surface area contributed by atoms with Crippen molar-refractivity contribution in [1.29, 1.82) is 0 Å². The maximum atomic E-state index is 12.3. The molecule has 1 aromatic carbocycles. The topological polar surface area (TPSA) is 41.1 Å². The fraction of sp³-hybridized carbons (Fsp3) is 0.588. The highest BCUT2D eigenvalue weighted by Crippen LogP contribution is 2.24. The van der Waals surface area contributed by atoms with E-state index in [-0.39, 0.29) is 29.6 Å². The Morgan fingerprint density at radius 1 is 1.24 bits per heavy atom. The van der Waals surface area contributed by atoms with Gasteiger partial charge < -0.3 is 10.6 Å². The van der Waals surface area contributed by atoms with Crippen molar-refractivity contribution in [3.8, 4) is 0 Å². The molecule has 1 fully saturated rings. The van der Waals surface area contributed by atoms with Crippen molar-refractivity contribution in [2.45, 2.75) is 52.0 Å². The Labute approximate surface area is 134 Å². The number of halogens is 1. The lowest BCUT2D eigenvalue weighted by Gasteiger charge is -2.27. The molecule has 1 heterocycles. The average Bonchev–Trinajstić information content (AvgIpc) is 2.38. The zero-order chi connectivity index (χ0) is 14.8. The molecule has 2 rings (SSSR count). The maximum Gasteiger partial charge on any atom is 0.227 e. The molecule has 0 spiro atoms. The molecule has 0 aromatic heterocycles. The molecule has 4 heteroatoms. The van der Waals surface area contributed by atoms with Gasteiger partial charge in [0, 0.05) is 17.6 Å². The molecule has 1 aliphatic heterocycles. The lowest BCUT2D eigenvalue weighted by atomic mass is 9.87. The molecule has 118 valence electrons. The van der Waals surface area contributed by atoms with Crippen LogP contribution < -0.4 is 10.6 Å². The molecule has 0 aliphatic carbocycles. The standard InChI is InChI=1S/C17H26N2O.ClH/c1-12-11-13(9-10-18-12)16(20)19-15-7-5-14(6-8-15)17(2,3)4;/h5-8,12-13,18H,9-11H2,1-4H3,(H,19,20);1H/t12-,13-;/m0./s1. The van der Waals surface area contributed by atoms with Crippen LogP contribution in [0, 0.1) is 5.92 Å². The van der Waals surface area contributed by atoms with E-state index in [0.29, 0.717) is 6.04 Å². The van der Waals surface area contributed by atoms with Crippen LogP contribution in [0.5, 0.6) is 0 Å². The molecule has 1 saturated heterocycles. The molecule has 2 atom stereocenters. The summed E-state index contributed by atoms with van der Waals surface area (Å²) in [5.41, 5.74) is 2.33. The van der Waals surface area contributed by atoms with Crippen LogP contribution in [0.2, 0.25) is 0 Å². The Hall–Kier alpha value is -1.06. The Morgan fingerprint density at radius 3 is 2.38 bits per heavy atom. The van der Waals surface area contributed by atoms with E-state index < -0.39 is 0 Å². The molecule has 3 nitrogen and oxygen atoms in total. The molecular formula is C17H27ClN2O. The van der Waals surface area contributed by atoms with Gasteiger partial charge in [0.25, 0.3) is 0 Å². The lowest BCUT2D eigenvalue weighted by Crippen LogP contribution is -2.40. The van der Waals surface area contributed by atoms with Crippen molar-refractivity contribution >= 4 is 24.0 Å². The van der Waals surface area contributed by atoms with Crippen molar-refractivity contribution in [3.63, 3.8) is 0 Å². The first kappa shape index (κ1) is 18.0. The Balaban J connectivity index is 0.00000220. The number of anilines is 1. The molecule has 0 saturated carbocycles. The Morgan fingerprint density at radius 2 is 1.86 bits per heavy atom. The first-order valence-corrected chi connectivity index (χ1v) is 7.51. The summed E-state index contributed by atoms with van der Waals surface area (Å²) in [6.07, 6.45) is 1.85. The van der Waals surface area contributed by atoms with Crippen LogP contribution in [-0.2, 0) is 10.2 Å². The minimum atomic E-state index is 0. The van der Waals surface area contributed by atoms with Crippen molar-refractivity contribution in [2.75, 3.05) is 11.9 Å². The molecule has 1 amide bonds. The van der Waals surface area contributed by atoms with E-state index >= 15 is 0 Å². The summed E-state index contributed by atoms with van der Waals surface area (Å²) >= 11 is 0. The summed E-state index contributed by atoms with van der Waals surface area (Å²) in [6.45, 7) is 9.64. The van der Waals surface area contributed by atoms with Gasteiger partial charge in [0.1, 0.15) is 0 Å². The minimum Gasteiger partial charge on any atom is -0.326 e. The van der Waals surface area contributed by atoms with E-state index in [1.807, 2.05) is 12.1 Å². The highest BCUT2D eigenvalue weighted by molar-refractivity contribution is 5.92. The number of carbonyl (C=O) groups excluding carboxylic acids is 1. The van der Waals surface area contributed by atoms with E-state index in [9.17, 15) is 4.79 Å². The summed E-state index contributed by atoms with van der Waals surface area (Å²) in [4.78, 5) is 12.3. The van der Waals surface area contributed by atoms with Crippen LogP contribution in [0.1, 0.15) is 46.1 Å².